The summed E-state index contributed by atoms with van der Waals surface area (Å²) in [5, 5.41) is 138. The number of ether oxygens (including phenoxy) is 8. The van der Waals surface area contributed by atoms with Crippen molar-refractivity contribution >= 4 is 5.97 Å². The van der Waals surface area contributed by atoms with E-state index in [2.05, 4.69) is 13.5 Å². The Labute approximate surface area is 381 Å². The molecule has 9 aliphatic rings. The first-order valence-corrected chi connectivity index (χ1v) is 23.3. The highest BCUT2D eigenvalue weighted by molar-refractivity contribution is 5.77. The standard InChI is InChI=1S/C44H70O22/c1-15-10-44(11-18-9-21-19(25(15)20(18)8-16(44)2)6-5-7-43(21,4)42(58)65-40-35(57)32(54)28(50)23(13-46)61-40)66-41-37(64-38-33(55)30(52)26(48)17(3)59-38)36(29(51)24(14-47)62-41)63-39-34(56)31(53)27(49)22(12-45)60-39/h15,17-41,45-57H,2,5-14H2,1,3-4H3/t15-,17+,18?,19?,20?,21?,22+,23?,24+,25?,26+,27+,28?,29+,30-,31-,32?,33-,34+,35?,36-,37+,38+,39-,40?,41-,43+,44-/m0/s1. The van der Waals surface area contributed by atoms with Crippen LogP contribution in [-0.4, -0.2) is 221 Å². The van der Waals surface area contributed by atoms with E-state index in [1.165, 1.54) is 6.92 Å². The third-order valence-corrected chi connectivity index (χ3v) is 16.7. The Morgan fingerprint density at radius 3 is 1.80 bits per heavy atom. The second-order valence-electron chi connectivity index (χ2n) is 20.5. The Morgan fingerprint density at radius 2 is 1.18 bits per heavy atom. The summed E-state index contributed by atoms with van der Waals surface area (Å²) in [6, 6.07) is 0. The van der Waals surface area contributed by atoms with Crippen LogP contribution in [0.3, 0.4) is 0 Å². The minimum Gasteiger partial charge on any atom is -0.432 e. The average molecular weight is 951 g/mol. The highest BCUT2D eigenvalue weighted by atomic mass is 16.8. The van der Waals surface area contributed by atoms with Crippen LogP contribution in [0.15, 0.2) is 12.2 Å². The van der Waals surface area contributed by atoms with Crippen molar-refractivity contribution < 1.29 is 109 Å². The van der Waals surface area contributed by atoms with Crippen molar-refractivity contribution in [3.05, 3.63) is 12.2 Å². The second kappa shape index (κ2) is 19.5. The number of rotatable bonds is 11. The number of carbonyl (C=O) groups excluding carboxylic acids is 1. The van der Waals surface area contributed by atoms with Crippen molar-refractivity contribution in [2.45, 2.75) is 194 Å². The average Bonchev–Trinajstić information content (AvgIpc) is 3.44. The van der Waals surface area contributed by atoms with Gasteiger partial charge < -0.3 is 104 Å². The molecule has 0 spiro atoms. The quantitative estimate of drug-likeness (QED) is 0.0529. The van der Waals surface area contributed by atoms with Crippen LogP contribution in [0.2, 0.25) is 0 Å². The van der Waals surface area contributed by atoms with E-state index in [0.717, 1.165) is 12.0 Å². The zero-order valence-electron chi connectivity index (χ0n) is 37.3. The normalized spacial score (nSPS) is 55.2. The highest BCUT2D eigenvalue weighted by Crippen LogP contribution is 2.66. The molecule has 378 valence electrons. The molecule has 66 heavy (non-hydrogen) atoms. The molecule has 4 bridgehead atoms. The molecule has 9 fully saturated rings. The molecule has 0 radical (unpaired) electrons. The maximum atomic E-state index is 14.4. The zero-order chi connectivity index (χ0) is 47.9. The van der Waals surface area contributed by atoms with Crippen molar-refractivity contribution in [3.63, 3.8) is 0 Å². The molecular weight excluding hydrogens is 880 g/mol. The van der Waals surface area contributed by atoms with Gasteiger partial charge in [0.2, 0.25) is 6.29 Å². The largest absolute Gasteiger partial charge is 0.432 e. The summed E-state index contributed by atoms with van der Waals surface area (Å²) in [6.07, 6.45) is -29.0. The molecule has 0 aromatic carbocycles. The molecule has 22 heteroatoms. The van der Waals surface area contributed by atoms with E-state index in [0.29, 0.717) is 38.5 Å². The Bertz CT molecular complexity index is 1710. The van der Waals surface area contributed by atoms with Gasteiger partial charge in [-0.2, -0.15) is 0 Å². The number of aliphatic hydroxyl groups is 13. The van der Waals surface area contributed by atoms with Crippen molar-refractivity contribution in [2.24, 2.45) is 40.9 Å². The Hall–Kier alpha value is -1.59. The first kappa shape index (κ1) is 50.8. The topological polar surface area (TPSA) is 354 Å². The van der Waals surface area contributed by atoms with Gasteiger partial charge in [0, 0.05) is 0 Å². The molecule has 10 unspecified atom stereocenters. The van der Waals surface area contributed by atoms with Crippen LogP contribution < -0.4 is 0 Å². The van der Waals surface area contributed by atoms with Crippen LogP contribution in [0.4, 0.5) is 0 Å². The number of aliphatic hydroxyl groups excluding tert-OH is 13. The maximum absolute atomic E-state index is 14.4. The molecule has 4 heterocycles. The molecule has 5 saturated carbocycles. The van der Waals surface area contributed by atoms with Gasteiger partial charge in [-0.25, -0.2) is 0 Å². The first-order valence-electron chi connectivity index (χ1n) is 23.3. The Balaban J connectivity index is 1.10. The highest BCUT2D eigenvalue weighted by Gasteiger charge is 2.64. The summed E-state index contributed by atoms with van der Waals surface area (Å²) in [7, 11) is 0. The molecule has 0 aromatic heterocycles. The van der Waals surface area contributed by atoms with E-state index in [9.17, 15) is 71.2 Å². The fourth-order valence-electron chi connectivity index (χ4n) is 13.0. The van der Waals surface area contributed by atoms with Crippen LogP contribution in [0, 0.1) is 40.9 Å². The number of hydrogen-bond acceptors (Lipinski definition) is 22. The molecule has 22 nitrogen and oxygen atoms in total. The van der Waals surface area contributed by atoms with E-state index >= 15 is 0 Å². The van der Waals surface area contributed by atoms with Gasteiger partial charge in [-0.05, 0) is 93.5 Å². The first-order chi connectivity index (χ1) is 31.2. The second-order valence-corrected chi connectivity index (χ2v) is 20.5. The van der Waals surface area contributed by atoms with Crippen molar-refractivity contribution in [3.8, 4) is 0 Å². The van der Waals surface area contributed by atoms with Crippen LogP contribution in [0.1, 0.15) is 65.7 Å². The van der Waals surface area contributed by atoms with Crippen LogP contribution in [-0.2, 0) is 42.7 Å². The monoisotopic (exact) mass is 950 g/mol. The van der Waals surface area contributed by atoms with E-state index in [1.54, 1.807) is 0 Å². The lowest BCUT2D eigenvalue weighted by Gasteiger charge is -2.57. The number of esters is 1. The number of hydrogen-bond donors (Lipinski definition) is 13. The summed E-state index contributed by atoms with van der Waals surface area (Å²) >= 11 is 0. The van der Waals surface area contributed by atoms with Crippen molar-refractivity contribution in [1.29, 1.82) is 0 Å². The molecule has 9 rings (SSSR count). The van der Waals surface area contributed by atoms with E-state index in [-0.39, 0.29) is 35.5 Å². The van der Waals surface area contributed by atoms with Gasteiger partial charge in [0.15, 0.2) is 18.9 Å². The van der Waals surface area contributed by atoms with E-state index in [1.807, 2.05) is 6.92 Å². The number of fused-ring (bicyclic) bond motifs is 3. The maximum Gasteiger partial charge on any atom is 0.314 e. The van der Waals surface area contributed by atoms with Crippen LogP contribution in [0.25, 0.3) is 0 Å². The van der Waals surface area contributed by atoms with E-state index in [4.69, 9.17) is 37.9 Å². The van der Waals surface area contributed by atoms with E-state index < -0.39 is 160 Å². The lowest BCUT2D eigenvalue weighted by atomic mass is 9.48. The summed E-state index contributed by atoms with van der Waals surface area (Å²) in [5.74, 6) is -0.696. The zero-order valence-corrected chi connectivity index (χ0v) is 37.3. The molecular formula is C44H70O22. The van der Waals surface area contributed by atoms with Gasteiger partial charge in [0.1, 0.15) is 91.6 Å². The minimum absolute atomic E-state index is 0.0463. The molecule has 28 atom stereocenters. The SMILES string of the molecule is C=C1CC2C3CC4C(CCC[C@@]4(C)C(=O)OC4OC(CO)C(O)C(O)C4O)C2[C@@H](C)C[C@]1(O[C@@H]1O[C@H](CO)[C@@H](O)[C@H](O[C@@H]2O[C@H](CO)[C@@H](O)[C@H](O)[C@H]2O)[C@H]1O[C@H]1O[C@H](C)[C@@H](O)[C@H](O)[C@@H]1O)C3. The molecule has 13 N–H and O–H groups in total. The number of carbonyl (C=O) groups is 1. The molecule has 4 saturated heterocycles. The summed E-state index contributed by atoms with van der Waals surface area (Å²) in [6.45, 7) is 7.65. The Morgan fingerprint density at radius 1 is 0.652 bits per heavy atom. The van der Waals surface area contributed by atoms with Gasteiger partial charge in [0.25, 0.3) is 0 Å². The van der Waals surface area contributed by atoms with Gasteiger partial charge in [0.05, 0.1) is 36.9 Å². The smallest absolute Gasteiger partial charge is 0.314 e. The fraction of sp³-hybridized carbons (Fsp3) is 0.932. The molecule has 5 aliphatic carbocycles. The molecule has 4 aliphatic heterocycles. The van der Waals surface area contributed by atoms with Gasteiger partial charge >= 0.3 is 5.97 Å². The van der Waals surface area contributed by atoms with Crippen molar-refractivity contribution in [1.82, 2.24) is 0 Å². The molecule has 0 amide bonds. The Kier molecular flexibility index (Phi) is 15.0. The van der Waals surface area contributed by atoms with Gasteiger partial charge in [-0.3, -0.25) is 4.79 Å². The van der Waals surface area contributed by atoms with Crippen LogP contribution in [0.5, 0.6) is 0 Å². The summed E-state index contributed by atoms with van der Waals surface area (Å²) in [5.41, 5.74) is -1.50. The van der Waals surface area contributed by atoms with Gasteiger partial charge in [-0.15, -0.1) is 0 Å². The lowest BCUT2D eigenvalue weighted by Crippen LogP contribution is -2.67. The predicted molar refractivity (Wildman–Crippen MR) is 217 cm³/mol. The fourth-order valence-corrected chi connectivity index (χ4v) is 13.0. The lowest BCUT2D eigenvalue weighted by molar-refractivity contribution is -0.398. The third-order valence-electron chi connectivity index (χ3n) is 16.7. The van der Waals surface area contributed by atoms with Gasteiger partial charge in [-0.1, -0.05) is 19.9 Å². The minimum atomic E-state index is -1.93. The predicted octanol–water partition coefficient (Wildman–Crippen LogP) is -4.37. The third kappa shape index (κ3) is 8.71. The summed E-state index contributed by atoms with van der Waals surface area (Å²) < 4.78 is 48.7. The summed E-state index contributed by atoms with van der Waals surface area (Å²) in [4.78, 5) is 14.4. The molecule has 0 aromatic rings. The van der Waals surface area contributed by atoms with Crippen LogP contribution >= 0.6 is 0 Å². The van der Waals surface area contributed by atoms with Crippen molar-refractivity contribution in [2.75, 3.05) is 19.8 Å².